The normalized spacial score (nSPS) is 18.3. The minimum Gasteiger partial charge on any atom is -0.304 e. The van der Waals surface area contributed by atoms with Gasteiger partial charge in [0, 0.05) is 13.1 Å². The SMILES string of the molecule is CC(C)=C(C)[SiH2]CN1CC1. The van der Waals surface area contributed by atoms with E-state index in [1.165, 1.54) is 19.3 Å². The van der Waals surface area contributed by atoms with Crippen LogP contribution in [0, 0.1) is 0 Å². The van der Waals surface area contributed by atoms with E-state index >= 15 is 0 Å². The molecule has 2 heteroatoms. The number of hydrogen-bond donors (Lipinski definition) is 0. The van der Waals surface area contributed by atoms with Crippen LogP contribution in [0.2, 0.25) is 0 Å². The second-order valence-corrected chi connectivity index (χ2v) is 5.38. The highest BCUT2D eigenvalue weighted by Crippen LogP contribution is 2.05. The van der Waals surface area contributed by atoms with Crippen LogP contribution in [0.4, 0.5) is 0 Å². The molecule has 0 N–H and O–H groups in total. The van der Waals surface area contributed by atoms with Gasteiger partial charge in [-0.05, 0) is 26.9 Å². The molecule has 1 rings (SSSR count). The zero-order valence-electron chi connectivity index (χ0n) is 7.28. The number of hydrogen-bond acceptors (Lipinski definition) is 1. The smallest absolute Gasteiger partial charge is 0.0648 e. The lowest BCUT2D eigenvalue weighted by Gasteiger charge is -2.02. The Hall–Kier alpha value is -0.0831. The number of allylic oxidation sites excluding steroid dienone is 2. The average molecular weight is 155 g/mol. The van der Waals surface area contributed by atoms with Crippen molar-refractivity contribution in [2.24, 2.45) is 0 Å². The van der Waals surface area contributed by atoms with Crippen LogP contribution in [-0.4, -0.2) is 33.7 Å². The van der Waals surface area contributed by atoms with Crippen LogP contribution >= 0.6 is 0 Å². The highest BCUT2D eigenvalue weighted by atomic mass is 28.2. The van der Waals surface area contributed by atoms with E-state index in [1.807, 2.05) is 0 Å². The minimum absolute atomic E-state index is 0.109. The van der Waals surface area contributed by atoms with Gasteiger partial charge in [0.15, 0.2) is 0 Å². The Balaban J connectivity index is 2.17. The van der Waals surface area contributed by atoms with Gasteiger partial charge in [0.05, 0.1) is 9.52 Å². The lowest BCUT2D eigenvalue weighted by atomic mass is 10.3. The summed E-state index contributed by atoms with van der Waals surface area (Å²) in [7, 11) is 0.109. The Morgan fingerprint density at radius 2 is 1.90 bits per heavy atom. The summed E-state index contributed by atoms with van der Waals surface area (Å²) in [5.74, 6) is 0. The first-order valence-electron chi connectivity index (χ1n) is 4.05. The maximum atomic E-state index is 2.53. The van der Waals surface area contributed by atoms with Gasteiger partial charge in [0.25, 0.3) is 0 Å². The van der Waals surface area contributed by atoms with Gasteiger partial charge in [-0.15, -0.1) is 0 Å². The standard InChI is InChI=1S/C8H17NSi/c1-7(2)8(3)10-6-9-4-5-9/h4-6,10H2,1-3H3. The second-order valence-electron chi connectivity index (χ2n) is 3.37. The predicted molar refractivity (Wildman–Crippen MR) is 49.0 cm³/mol. The van der Waals surface area contributed by atoms with Crippen molar-refractivity contribution in [3.05, 3.63) is 10.8 Å². The van der Waals surface area contributed by atoms with Crippen molar-refractivity contribution in [1.29, 1.82) is 0 Å². The largest absolute Gasteiger partial charge is 0.304 e. The fraction of sp³-hybridized carbons (Fsp3) is 0.750. The van der Waals surface area contributed by atoms with Crippen molar-refractivity contribution < 1.29 is 0 Å². The van der Waals surface area contributed by atoms with Gasteiger partial charge in [0.2, 0.25) is 0 Å². The van der Waals surface area contributed by atoms with Crippen molar-refractivity contribution in [3.8, 4) is 0 Å². The van der Waals surface area contributed by atoms with Crippen LogP contribution in [-0.2, 0) is 0 Å². The van der Waals surface area contributed by atoms with Gasteiger partial charge >= 0.3 is 0 Å². The molecule has 0 saturated carbocycles. The topological polar surface area (TPSA) is 3.01 Å². The third-order valence-electron chi connectivity index (χ3n) is 2.20. The van der Waals surface area contributed by atoms with E-state index < -0.39 is 0 Å². The van der Waals surface area contributed by atoms with E-state index in [4.69, 9.17) is 0 Å². The molecule has 0 unspecified atom stereocenters. The van der Waals surface area contributed by atoms with E-state index in [0.717, 1.165) is 0 Å². The molecule has 1 heterocycles. The van der Waals surface area contributed by atoms with Gasteiger partial charge < -0.3 is 4.90 Å². The fourth-order valence-corrected chi connectivity index (χ4v) is 2.47. The predicted octanol–water partition coefficient (Wildman–Crippen LogP) is 0.742. The third kappa shape index (κ3) is 2.67. The number of rotatable bonds is 3. The van der Waals surface area contributed by atoms with Crippen molar-refractivity contribution in [3.63, 3.8) is 0 Å². The molecule has 1 aliphatic heterocycles. The molecular formula is C8H17NSi. The van der Waals surface area contributed by atoms with Crippen LogP contribution in [0.15, 0.2) is 10.8 Å². The van der Waals surface area contributed by atoms with E-state index in [-0.39, 0.29) is 9.52 Å². The molecule has 1 nitrogen and oxygen atoms in total. The minimum atomic E-state index is 0.109. The van der Waals surface area contributed by atoms with Crippen LogP contribution in [0.3, 0.4) is 0 Å². The Morgan fingerprint density at radius 3 is 2.30 bits per heavy atom. The summed E-state index contributed by atoms with van der Waals surface area (Å²) in [4.78, 5) is 2.53. The van der Waals surface area contributed by atoms with Crippen molar-refractivity contribution in [2.45, 2.75) is 20.8 Å². The zero-order chi connectivity index (χ0) is 7.56. The Labute approximate surface area is 65.9 Å². The van der Waals surface area contributed by atoms with Gasteiger partial charge in [-0.3, -0.25) is 0 Å². The zero-order valence-corrected chi connectivity index (χ0v) is 8.69. The summed E-state index contributed by atoms with van der Waals surface area (Å²) in [6.45, 7) is 9.48. The highest BCUT2D eigenvalue weighted by molar-refractivity contribution is 6.45. The Morgan fingerprint density at radius 1 is 1.30 bits per heavy atom. The van der Waals surface area contributed by atoms with Crippen LogP contribution in [0.1, 0.15) is 20.8 Å². The van der Waals surface area contributed by atoms with Crippen LogP contribution in [0.25, 0.3) is 0 Å². The van der Waals surface area contributed by atoms with Crippen molar-refractivity contribution in [2.75, 3.05) is 19.3 Å². The van der Waals surface area contributed by atoms with E-state index in [9.17, 15) is 0 Å². The first-order valence-corrected chi connectivity index (χ1v) is 5.76. The lowest BCUT2D eigenvalue weighted by molar-refractivity contribution is 0.660. The van der Waals surface area contributed by atoms with Gasteiger partial charge in [-0.2, -0.15) is 0 Å². The van der Waals surface area contributed by atoms with Gasteiger partial charge in [-0.1, -0.05) is 10.8 Å². The summed E-state index contributed by atoms with van der Waals surface area (Å²) < 4.78 is 0. The molecule has 1 saturated heterocycles. The molecule has 0 aromatic rings. The maximum Gasteiger partial charge on any atom is 0.0648 e. The Bertz CT molecular complexity index is 143. The third-order valence-corrected chi connectivity index (χ3v) is 4.51. The van der Waals surface area contributed by atoms with Crippen LogP contribution < -0.4 is 0 Å². The molecule has 0 aromatic heterocycles. The summed E-state index contributed by atoms with van der Waals surface area (Å²) >= 11 is 0. The molecule has 0 amide bonds. The molecule has 1 aliphatic rings. The van der Waals surface area contributed by atoms with Gasteiger partial charge in [0.1, 0.15) is 0 Å². The summed E-state index contributed by atoms with van der Waals surface area (Å²) in [6, 6.07) is 0. The van der Waals surface area contributed by atoms with Crippen molar-refractivity contribution in [1.82, 2.24) is 4.90 Å². The molecule has 0 aromatic carbocycles. The average Bonchev–Trinajstić information content (AvgIpc) is 2.64. The van der Waals surface area contributed by atoms with Crippen LogP contribution in [0.5, 0.6) is 0 Å². The van der Waals surface area contributed by atoms with Crippen molar-refractivity contribution >= 4 is 9.52 Å². The Kier molecular flexibility index (Phi) is 2.69. The molecule has 0 spiro atoms. The quantitative estimate of drug-likeness (QED) is 0.429. The summed E-state index contributed by atoms with van der Waals surface area (Å²) in [5.41, 5.74) is 1.55. The highest BCUT2D eigenvalue weighted by Gasteiger charge is 2.15. The van der Waals surface area contributed by atoms with E-state index in [0.29, 0.717) is 0 Å². The molecule has 0 radical (unpaired) electrons. The molecule has 0 aliphatic carbocycles. The maximum absolute atomic E-state index is 2.53. The number of nitrogens with zero attached hydrogens (tertiary/aromatic N) is 1. The molecule has 0 atom stereocenters. The monoisotopic (exact) mass is 155 g/mol. The van der Waals surface area contributed by atoms with E-state index in [1.54, 1.807) is 10.8 Å². The molecule has 0 bridgehead atoms. The summed E-state index contributed by atoms with van der Waals surface area (Å²) in [6.07, 6.45) is 1.41. The first kappa shape index (κ1) is 8.02. The molecule has 1 fully saturated rings. The molecular weight excluding hydrogens is 138 g/mol. The molecule has 10 heavy (non-hydrogen) atoms. The van der Waals surface area contributed by atoms with E-state index in [2.05, 4.69) is 25.7 Å². The summed E-state index contributed by atoms with van der Waals surface area (Å²) in [5, 5.41) is 1.70. The second kappa shape index (κ2) is 3.35. The first-order chi connectivity index (χ1) is 4.70. The fourth-order valence-electron chi connectivity index (χ4n) is 0.870. The van der Waals surface area contributed by atoms with Gasteiger partial charge in [-0.25, -0.2) is 0 Å². The molecule has 58 valence electrons. The lowest BCUT2D eigenvalue weighted by Crippen LogP contribution is -2.10.